The first-order valence-corrected chi connectivity index (χ1v) is 37.5. The minimum Gasteiger partial charge on any atom is -0.455 e. The van der Waals surface area contributed by atoms with E-state index in [0.717, 1.165) is 56.8 Å². The van der Waals surface area contributed by atoms with E-state index in [1.54, 1.807) is 80.6 Å². The van der Waals surface area contributed by atoms with Crippen LogP contribution in [0, 0.1) is 63.1 Å². The van der Waals surface area contributed by atoms with E-state index in [1.807, 2.05) is 0 Å². The number of nitrogens with one attached hydrogen (secondary N) is 3. The third-order valence-electron chi connectivity index (χ3n) is 25.7. The van der Waals surface area contributed by atoms with Crippen LogP contribution in [0.5, 0.6) is 0 Å². The fraction of sp³-hybridized carbons (Fsp3) is 0.622. The van der Waals surface area contributed by atoms with Crippen LogP contribution in [0.3, 0.4) is 0 Å². The Bertz CT molecular complexity index is 3730. The lowest BCUT2D eigenvalue weighted by Crippen LogP contribution is -2.82. The molecule has 6 fully saturated rings. The maximum Gasteiger partial charge on any atom is 0.407 e. The Kier molecular flexibility index (Phi) is 22.8. The number of aliphatic hydroxyl groups excluding tert-OH is 1. The van der Waals surface area contributed by atoms with E-state index >= 15 is 9.59 Å². The third kappa shape index (κ3) is 15.0. The minimum atomic E-state index is -2.53. The molecule has 3 amide bonds. The number of amides is 3. The van der Waals surface area contributed by atoms with Crippen molar-refractivity contribution >= 4 is 53.5 Å². The molecule has 11 rings (SSSR count). The van der Waals surface area contributed by atoms with Crippen LogP contribution in [-0.4, -0.2) is 137 Å². The smallest absolute Gasteiger partial charge is 0.407 e. The molecule has 0 radical (unpaired) electrons. The molecule has 3 aromatic carbocycles. The van der Waals surface area contributed by atoms with Crippen molar-refractivity contribution < 1.29 is 86.5 Å². The first-order valence-electron chi connectivity index (χ1n) is 37.5. The first kappa shape index (κ1) is 76.4. The van der Waals surface area contributed by atoms with Crippen molar-refractivity contribution in [2.75, 3.05) is 19.7 Å². The fourth-order valence-electron chi connectivity index (χ4n) is 20.1. The number of ether oxygens (including phenoxy) is 7. The van der Waals surface area contributed by atoms with Crippen molar-refractivity contribution in [3.8, 4) is 0 Å². The first-order chi connectivity index (χ1) is 48.9. The molecule has 103 heavy (non-hydrogen) atoms. The Hall–Kier alpha value is -7.75. The Labute approximate surface area is 605 Å². The van der Waals surface area contributed by atoms with E-state index in [1.165, 1.54) is 95.1 Å². The zero-order valence-electron chi connectivity index (χ0n) is 61.8. The largest absolute Gasteiger partial charge is 0.455 e. The van der Waals surface area contributed by atoms with Gasteiger partial charge in [-0.2, -0.15) is 0 Å². The Morgan fingerprint density at radius 3 is 2.06 bits per heavy atom. The van der Waals surface area contributed by atoms with Crippen molar-refractivity contribution in [3.63, 3.8) is 0 Å². The Morgan fingerprint density at radius 1 is 0.738 bits per heavy atom. The second-order valence-electron chi connectivity index (χ2n) is 32.6. The molecule has 19 atom stereocenters. The average Bonchev–Trinajstić information content (AvgIpc) is 1.02. The van der Waals surface area contributed by atoms with E-state index in [0.29, 0.717) is 23.7 Å². The van der Waals surface area contributed by atoms with E-state index < -0.39 is 143 Å². The standard InChI is InChI=1S/C82H107N3O18/c1-47(2)22-21-23-48(3)42-55-31-33-59-58-32-30-56-43-57(36-38-78(56,9)60(58)37-39-79(55,59)10)99-76(95)84-41-40-83-64(89)34-35-65(90)101-69(67(52-24-15-12-16-25-52)85-73(92)53-26-17-13-18-27-53)75(94)100-61-45-82(96)72(102-74(93)54-28-19-14-20-29-54)70-80(11,62(88)44-63-81(70,46-97-63)103-51(6)87)71(91)68(98-50(5)86)66(49(61)4)77(82,7)8/h12-20,24-30,47-48,55,57-63,67-70,72,88,96H,21-23,31-46H2,1-11H3,(H,83,89)(H,84,95)(H,85,92)/t48-,55+,57?,58+,59+,60+,61+,62+,63-,67+,68-,69-,70+,72+,78+,79-,80-,81+,82-/m1/s1. The molecule has 5 N–H and O–H groups in total. The monoisotopic (exact) mass is 1420 g/mol. The van der Waals surface area contributed by atoms with E-state index in [9.17, 15) is 43.8 Å². The van der Waals surface area contributed by atoms with Gasteiger partial charge in [0.05, 0.1) is 36.0 Å². The molecule has 8 aliphatic rings. The summed E-state index contributed by atoms with van der Waals surface area (Å²) >= 11 is 0. The number of alkyl carbamates (subject to hydrolysis) is 1. The van der Waals surface area contributed by atoms with Crippen LogP contribution >= 0.6 is 0 Å². The number of carbonyl (C=O) groups is 9. The molecule has 7 aliphatic carbocycles. The minimum absolute atomic E-state index is 0.0102. The van der Waals surface area contributed by atoms with E-state index in [-0.39, 0.29) is 65.5 Å². The van der Waals surface area contributed by atoms with Crippen LogP contribution in [-0.2, 0) is 61.9 Å². The number of fused-ring (bicyclic) bond motifs is 10. The summed E-state index contributed by atoms with van der Waals surface area (Å²) in [5.41, 5.74) is -5.95. The van der Waals surface area contributed by atoms with Gasteiger partial charge >= 0.3 is 35.9 Å². The summed E-state index contributed by atoms with van der Waals surface area (Å²) in [6.07, 6.45) is 3.36. The number of esters is 5. The van der Waals surface area contributed by atoms with Crippen LogP contribution in [0.4, 0.5) is 4.79 Å². The second-order valence-corrected chi connectivity index (χ2v) is 32.6. The van der Waals surface area contributed by atoms with Gasteiger partial charge in [0, 0.05) is 63.6 Å². The van der Waals surface area contributed by atoms with E-state index in [2.05, 4.69) is 56.6 Å². The zero-order chi connectivity index (χ0) is 74.1. The van der Waals surface area contributed by atoms with Gasteiger partial charge in [-0.05, 0) is 153 Å². The van der Waals surface area contributed by atoms with Crippen molar-refractivity contribution in [1.82, 2.24) is 16.0 Å². The van der Waals surface area contributed by atoms with Crippen LogP contribution in [0.15, 0.2) is 114 Å². The van der Waals surface area contributed by atoms with Crippen LogP contribution in [0.25, 0.3) is 0 Å². The van der Waals surface area contributed by atoms with Gasteiger partial charge in [0.2, 0.25) is 12.0 Å². The van der Waals surface area contributed by atoms with Crippen molar-refractivity contribution in [2.24, 2.45) is 63.1 Å². The number of ketones is 1. The van der Waals surface area contributed by atoms with Gasteiger partial charge in [0.25, 0.3) is 5.91 Å². The Morgan fingerprint density at radius 2 is 1.41 bits per heavy atom. The normalized spacial score (nSPS) is 33.2. The third-order valence-corrected chi connectivity index (χ3v) is 25.7. The number of rotatable bonds is 24. The molecule has 1 saturated heterocycles. The molecule has 5 saturated carbocycles. The number of carbonyl (C=O) groups excluding carboxylic acids is 9. The van der Waals surface area contributed by atoms with Crippen LogP contribution in [0.2, 0.25) is 0 Å². The highest BCUT2D eigenvalue weighted by Crippen LogP contribution is 2.68. The van der Waals surface area contributed by atoms with Gasteiger partial charge in [-0.15, -0.1) is 0 Å². The molecular weight excluding hydrogens is 1310 g/mol. The van der Waals surface area contributed by atoms with Gasteiger partial charge in [-0.1, -0.05) is 146 Å². The maximum absolute atomic E-state index is 16.0. The van der Waals surface area contributed by atoms with Crippen LogP contribution < -0.4 is 16.0 Å². The number of hydrogen-bond donors (Lipinski definition) is 5. The highest BCUT2D eigenvalue weighted by Gasteiger charge is 2.78. The summed E-state index contributed by atoms with van der Waals surface area (Å²) < 4.78 is 43.3. The summed E-state index contributed by atoms with van der Waals surface area (Å²) in [7, 11) is 0. The molecule has 1 unspecified atom stereocenters. The maximum atomic E-state index is 16.0. The highest BCUT2D eigenvalue weighted by molar-refractivity contribution is 5.97. The molecular formula is C82H107N3O18. The molecule has 21 nitrogen and oxygen atoms in total. The number of allylic oxidation sites excluding steroid dienone is 1. The van der Waals surface area contributed by atoms with Gasteiger partial charge in [0.1, 0.15) is 36.1 Å². The number of hydrogen-bond acceptors (Lipinski definition) is 18. The van der Waals surface area contributed by atoms with Crippen molar-refractivity contribution in [1.29, 1.82) is 0 Å². The average molecular weight is 1420 g/mol. The topological polar surface area (TPSA) is 295 Å². The summed E-state index contributed by atoms with van der Waals surface area (Å²) in [6.45, 7) is 20.0. The molecule has 558 valence electrons. The second kappa shape index (κ2) is 30.8. The number of Topliss-reactive ketones (excluding diaryl/α,β-unsaturated/α-hetero) is 1. The zero-order valence-corrected chi connectivity index (χ0v) is 61.8. The molecule has 21 heteroatoms. The number of benzene rings is 3. The molecule has 1 aliphatic heterocycles. The summed E-state index contributed by atoms with van der Waals surface area (Å²) in [5.74, 6) is -4.58. The lowest BCUT2D eigenvalue weighted by molar-refractivity contribution is -0.346. The van der Waals surface area contributed by atoms with Gasteiger partial charge < -0.3 is 59.3 Å². The van der Waals surface area contributed by atoms with Gasteiger partial charge in [0.15, 0.2) is 17.5 Å². The van der Waals surface area contributed by atoms with Crippen molar-refractivity contribution in [3.05, 3.63) is 130 Å². The van der Waals surface area contributed by atoms with Gasteiger partial charge in [-0.3, -0.25) is 28.8 Å². The SMILES string of the molecule is CC(=O)O[C@H]1C(=O)[C@@]2(C)[C@H]([C@H](OC(=O)c3ccccc3)[C@]3(O)C[C@H](OC(=O)[C@H](OC(=O)CCC(=O)NCCNC(=O)OC4CC[C@@]5(C)C(=CC[C@H]6[C@@H]7CC[C@@H](C[C@H](C)CCCC(C)C)[C@@]7(C)CC[C@@H]65)C4)[C@@H](NC(=O)c4ccccc4)c4ccccc4)C(C)=C1C3(C)C)[C@]1(OC(C)=O)CO[C@@H]1C[C@@H]2O. The predicted molar refractivity (Wildman–Crippen MR) is 380 cm³/mol. The highest BCUT2D eigenvalue weighted by atomic mass is 16.6. The molecule has 1 heterocycles. The quantitative estimate of drug-likeness (QED) is 0.0241. The molecule has 0 spiro atoms. The van der Waals surface area contributed by atoms with E-state index in [4.69, 9.17) is 33.2 Å². The molecule has 0 aromatic heterocycles. The van der Waals surface area contributed by atoms with Crippen LogP contribution in [0.1, 0.15) is 211 Å². The summed E-state index contributed by atoms with van der Waals surface area (Å²) in [4.78, 5) is 129. The lowest BCUT2D eigenvalue weighted by Gasteiger charge is -2.67. The summed E-state index contributed by atoms with van der Waals surface area (Å²) in [5, 5.41) is 34.9. The Balaban J connectivity index is 0.788. The van der Waals surface area contributed by atoms with Crippen molar-refractivity contribution in [2.45, 2.75) is 239 Å². The fourth-order valence-corrected chi connectivity index (χ4v) is 20.1. The summed E-state index contributed by atoms with van der Waals surface area (Å²) in [6, 6.07) is 22.5. The molecule has 3 aromatic rings. The predicted octanol–water partition coefficient (Wildman–Crippen LogP) is 11.7. The number of aliphatic hydroxyl groups is 2. The van der Waals surface area contributed by atoms with Gasteiger partial charge in [-0.25, -0.2) is 14.4 Å². The lowest BCUT2D eigenvalue weighted by atomic mass is 9.44. The molecule has 2 bridgehead atoms.